The van der Waals surface area contributed by atoms with Crippen molar-refractivity contribution in [3.05, 3.63) is 28.3 Å². The van der Waals surface area contributed by atoms with E-state index in [4.69, 9.17) is 5.73 Å². The molecule has 0 radical (unpaired) electrons. The lowest BCUT2D eigenvalue weighted by Crippen LogP contribution is -2.37. The first-order valence-electron chi connectivity index (χ1n) is 6.83. The van der Waals surface area contributed by atoms with Crippen molar-refractivity contribution in [3.63, 3.8) is 0 Å². The minimum atomic E-state index is -0.734. The number of hydrogen-bond donors (Lipinski definition) is 3. The zero-order valence-electron chi connectivity index (χ0n) is 12.6. The first-order valence-corrected chi connectivity index (χ1v) is 6.83. The molecule has 0 aromatic heterocycles. The van der Waals surface area contributed by atoms with E-state index in [0.717, 1.165) is 13.0 Å². The largest absolute Gasteiger partial charge is 0.385 e. The standard InChI is InChI=1S/C14H22N4O3/c1-4-5-16-10-6-11(8-12(7-10)18(20)21)17-9-14(2,3)13(15)19/h6-8,16-17H,4-5,9H2,1-3H3,(H2,15,19). The molecule has 0 aliphatic heterocycles. The number of nitro groups is 1. The Hall–Kier alpha value is -2.31. The van der Waals surface area contributed by atoms with Gasteiger partial charge in [0.05, 0.1) is 10.3 Å². The lowest BCUT2D eigenvalue weighted by molar-refractivity contribution is -0.384. The van der Waals surface area contributed by atoms with E-state index in [2.05, 4.69) is 10.6 Å². The number of carbonyl (C=O) groups is 1. The summed E-state index contributed by atoms with van der Waals surface area (Å²) in [7, 11) is 0. The van der Waals surface area contributed by atoms with Crippen molar-refractivity contribution in [1.82, 2.24) is 0 Å². The van der Waals surface area contributed by atoms with Gasteiger partial charge in [-0.2, -0.15) is 0 Å². The minimum Gasteiger partial charge on any atom is -0.385 e. The zero-order chi connectivity index (χ0) is 16.0. The van der Waals surface area contributed by atoms with Crippen LogP contribution in [-0.2, 0) is 4.79 Å². The molecular formula is C14H22N4O3. The molecule has 0 unspecified atom stereocenters. The second-order valence-corrected chi connectivity index (χ2v) is 5.55. The molecule has 0 aliphatic carbocycles. The van der Waals surface area contributed by atoms with Crippen LogP contribution in [0.3, 0.4) is 0 Å². The Morgan fingerprint density at radius 3 is 2.33 bits per heavy atom. The van der Waals surface area contributed by atoms with Crippen LogP contribution in [0.5, 0.6) is 0 Å². The number of rotatable bonds is 8. The first kappa shape index (κ1) is 16.7. The summed E-state index contributed by atoms with van der Waals surface area (Å²) in [4.78, 5) is 21.8. The lowest BCUT2D eigenvalue weighted by Gasteiger charge is -2.21. The molecule has 116 valence electrons. The molecular weight excluding hydrogens is 272 g/mol. The third-order valence-corrected chi connectivity index (χ3v) is 3.11. The smallest absolute Gasteiger partial charge is 0.273 e. The van der Waals surface area contributed by atoms with Gasteiger partial charge in [-0.3, -0.25) is 14.9 Å². The molecule has 0 spiro atoms. The van der Waals surface area contributed by atoms with E-state index in [0.29, 0.717) is 17.9 Å². The minimum absolute atomic E-state index is 0.00418. The topological polar surface area (TPSA) is 110 Å². The Balaban J connectivity index is 2.92. The normalized spacial score (nSPS) is 11.0. The number of non-ortho nitro benzene ring substituents is 1. The fraction of sp³-hybridized carbons (Fsp3) is 0.500. The molecule has 1 aromatic carbocycles. The molecule has 0 saturated heterocycles. The van der Waals surface area contributed by atoms with Crippen LogP contribution in [0.2, 0.25) is 0 Å². The Bertz CT molecular complexity index is 529. The van der Waals surface area contributed by atoms with Crippen LogP contribution in [0, 0.1) is 15.5 Å². The van der Waals surface area contributed by atoms with E-state index in [1.54, 1.807) is 19.9 Å². The molecule has 0 bridgehead atoms. The Morgan fingerprint density at radius 1 is 1.29 bits per heavy atom. The van der Waals surface area contributed by atoms with E-state index in [9.17, 15) is 14.9 Å². The number of nitrogens with one attached hydrogen (secondary N) is 2. The van der Waals surface area contributed by atoms with Crippen molar-refractivity contribution >= 4 is 23.0 Å². The number of anilines is 2. The van der Waals surface area contributed by atoms with Gasteiger partial charge in [0.25, 0.3) is 5.69 Å². The first-order chi connectivity index (χ1) is 9.76. The number of amides is 1. The van der Waals surface area contributed by atoms with Crippen LogP contribution in [0.4, 0.5) is 17.1 Å². The summed E-state index contributed by atoms with van der Waals surface area (Å²) in [5.41, 5.74) is 5.82. The SMILES string of the molecule is CCCNc1cc(NCC(C)(C)C(N)=O)cc([N+](=O)[O-])c1. The lowest BCUT2D eigenvalue weighted by atomic mass is 9.92. The van der Waals surface area contributed by atoms with E-state index < -0.39 is 16.2 Å². The molecule has 7 heteroatoms. The van der Waals surface area contributed by atoms with Crippen LogP contribution in [-0.4, -0.2) is 23.9 Å². The third-order valence-electron chi connectivity index (χ3n) is 3.11. The summed E-state index contributed by atoms with van der Waals surface area (Å²) in [5, 5.41) is 17.1. The molecule has 1 aromatic rings. The highest BCUT2D eigenvalue weighted by Gasteiger charge is 2.24. The van der Waals surface area contributed by atoms with Gasteiger partial charge in [-0.25, -0.2) is 0 Å². The number of nitro benzene ring substituents is 1. The van der Waals surface area contributed by atoms with Gasteiger partial charge in [0.15, 0.2) is 0 Å². The highest BCUT2D eigenvalue weighted by molar-refractivity contribution is 5.80. The summed E-state index contributed by atoms with van der Waals surface area (Å²) in [6.07, 6.45) is 0.917. The highest BCUT2D eigenvalue weighted by Crippen LogP contribution is 2.25. The highest BCUT2D eigenvalue weighted by atomic mass is 16.6. The van der Waals surface area contributed by atoms with Gasteiger partial charge in [0.2, 0.25) is 5.91 Å². The third kappa shape index (κ3) is 4.94. The molecule has 7 nitrogen and oxygen atoms in total. The van der Waals surface area contributed by atoms with Crippen molar-refractivity contribution in [3.8, 4) is 0 Å². The molecule has 0 fully saturated rings. The molecule has 0 heterocycles. The predicted octanol–water partition coefficient (Wildman–Crippen LogP) is 2.34. The molecule has 1 amide bonds. The Labute approximate surface area is 124 Å². The van der Waals surface area contributed by atoms with E-state index in [1.807, 2.05) is 6.92 Å². The van der Waals surface area contributed by atoms with Crippen LogP contribution >= 0.6 is 0 Å². The van der Waals surface area contributed by atoms with Crippen LogP contribution in [0.25, 0.3) is 0 Å². The van der Waals surface area contributed by atoms with E-state index >= 15 is 0 Å². The van der Waals surface area contributed by atoms with E-state index in [1.165, 1.54) is 12.1 Å². The molecule has 21 heavy (non-hydrogen) atoms. The molecule has 0 saturated carbocycles. The van der Waals surface area contributed by atoms with Crippen molar-refractivity contribution in [2.75, 3.05) is 23.7 Å². The number of benzene rings is 1. The quantitative estimate of drug-likeness (QED) is 0.503. The summed E-state index contributed by atoms with van der Waals surface area (Å²) in [5.74, 6) is -0.426. The van der Waals surface area contributed by atoms with Gasteiger partial charge in [-0.05, 0) is 26.3 Å². The van der Waals surface area contributed by atoms with Crippen LogP contribution in [0.1, 0.15) is 27.2 Å². The Kier molecular flexibility index (Phi) is 5.52. The van der Waals surface area contributed by atoms with E-state index in [-0.39, 0.29) is 5.69 Å². The van der Waals surface area contributed by atoms with Crippen LogP contribution < -0.4 is 16.4 Å². The van der Waals surface area contributed by atoms with Gasteiger partial charge in [-0.15, -0.1) is 0 Å². The van der Waals surface area contributed by atoms with Gasteiger partial charge in [0.1, 0.15) is 0 Å². The maximum absolute atomic E-state index is 11.3. The van der Waals surface area contributed by atoms with Crippen molar-refractivity contribution < 1.29 is 9.72 Å². The average Bonchev–Trinajstić information content (AvgIpc) is 2.42. The number of nitrogens with zero attached hydrogens (tertiary/aromatic N) is 1. The molecule has 0 atom stereocenters. The summed E-state index contributed by atoms with van der Waals surface area (Å²) in [6, 6.07) is 4.70. The zero-order valence-corrected chi connectivity index (χ0v) is 12.6. The summed E-state index contributed by atoms with van der Waals surface area (Å²) < 4.78 is 0. The van der Waals surface area contributed by atoms with Gasteiger partial charge in [-0.1, -0.05) is 6.92 Å². The van der Waals surface area contributed by atoms with Gasteiger partial charge < -0.3 is 16.4 Å². The maximum atomic E-state index is 11.3. The average molecular weight is 294 g/mol. The van der Waals surface area contributed by atoms with Crippen molar-refractivity contribution in [1.29, 1.82) is 0 Å². The maximum Gasteiger partial charge on any atom is 0.273 e. The number of hydrogen-bond acceptors (Lipinski definition) is 5. The van der Waals surface area contributed by atoms with Gasteiger partial charge in [0, 0.05) is 36.6 Å². The molecule has 4 N–H and O–H groups in total. The fourth-order valence-electron chi connectivity index (χ4n) is 1.60. The summed E-state index contributed by atoms with van der Waals surface area (Å²) in [6.45, 7) is 6.48. The second-order valence-electron chi connectivity index (χ2n) is 5.55. The number of primary amides is 1. The number of nitrogens with two attached hydrogens (primary N) is 1. The molecule has 0 aliphatic rings. The van der Waals surface area contributed by atoms with Crippen LogP contribution in [0.15, 0.2) is 18.2 Å². The predicted molar refractivity (Wildman–Crippen MR) is 83.3 cm³/mol. The Morgan fingerprint density at radius 2 is 1.86 bits per heavy atom. The fourth-order valence-corrected chi connectivity index (χ4v) is 1.60. The molecule has 1 rings (SSSR count). The van der Waals surface area contributed by atoms with Crippen molar-refractivity contribution in [2.24, 2.45) is 11.1 Å². The number of carbonyl (C=O) groups excluding carboxylic acids is 1. The van der Waals surface area contributed by atoms with Crippen molar-refractivity contribution in [2.45, 2.75) is 27.2 Å². The van der Waals surface area contributed by atoms with Gasteiger partial charge >= 0.3 is 0 Å². The second kappa shape index (κ2) is 6.92. The monoisotopic (exact) mass is 294 g/mol. The summed E-state index contributed by atoms with van der Waals surface area (Å²) >= 11 is 0.